The summed E-state index contributed by atoms with van der Waals surface area (Å²) in [5.41, 5.74) is 1.94. The van der Waals surface area contributed by atoms with Crippen LogP contribution < -0.4 is 15.4 Å². The summed E-state index contributed by atoms with van der Waals surface area (Å²) >= 11 is 6.04. The molecular weight excluding hydrogens is 352 g/mol. The lowest BCUT2D eigenvalue weighted by Gasteiger charge is -2.12. The topological polar surface area (TPSA) is 76.1 Å². The number of carbonyl (C=O) groups is 1. The van der Waals surface area contributed by atoms with Crippen LogP contribution in [0.5, 0.6) is 5.75 Å². The third kappa shape index (κ3) is 4.49. The highest BCUT2D eigenvalue weighted by atomic mass is 35.5. The fraction of sp³-hybridized carbons (Fsp3) is 0.105. The van der Waals surface area contributed by atoms with Gasteiger partial charge in [0.15, 0.2) is 0 Å². The highest BCUT2D eigenvalue weighted by Crippen LogP contribution is 2.30. The van der Waals surface area contributed by atoms with Crippen LogP contribution in [0.25, 0.3) is 0 Å². The molecule has 1 amide bonds. The van der Waals surface area contributed by atoms with Crippen LogP contribution >= 0.6 is 11.6 Å². The predicted octanol–water partition coefficient (Wildman–Crippen LogP) is 3.81. The molecule has 3 aromatic rings. The minimum Gasteiger partial charge on any atom is -0.495 e. The van der Waals surface area contributed by atoms with E-state index in [1.54, 1.807) is 49.8 Å². The summed E-state index contributed by atoms with van der Waals surface area (Å²) in [5, 5.41) is 6.52. The molecule has 0 saturated carbocycles. The van der Waals surface area contributed by atoms with Gasteiger partial charge in [-0.05, 0) is 42.5 Å². The van der Waals surface area contributed by atoms with E-state index in [1.807, 2.05) is 18.2 Å². The number of halogens is 1. The standard InChI is InChI=1S/C19H17ClN4O2/c1-26-17-6-5-14(20)11-16(17)24-18-10-13(7-9-22-18)19(25)23-12-15-4-2-3-8-21-15/h2-11H,12H2,1H3,(H,22,24)(H,23,25). The van der Waals surface area contributed by atoms with Gasteiger partial charge in [0.05, 0.1) is 25.0 Å². The summed E-state index contributed by atoms with van der Waals surface area (Å²) in [5.74, 6) is 0.927. The van der Waals surface area contributed by atoms with E-state index in [-0.39, 0.29) is 5.91 Å². The van der Waals surface area contributed by atoms with Crippen LogP contribution in [0.15, 0.2) is 60.9 Å². The van der Waals surface area contributed by atoms with Crippen LogP contribution in [0.3, 0.4) is 0 Å². The Hall–Kier alpha value is -3.12. The number of anilines is 2. The van der Waals surface area contributed by atoms with Crippen molar-refractivity contribution in [2.45, 2.75) is 6.54 Å². The second-order valence-electron chi connectivity index (χ2n) is 5.40. The average molecular weight is 369 g/mol. The van der Waals surface area contributed by atoms with Crippen LogP contribution in [0.2, 0.25) is 5.02 Å². The lowest BCUT2D eigenvalue weighted by molar-refractivity contribution is 0.0950. The largest absolute Gasteiger partial charge is 0.495 e. The maximum atomic E-state index is 12.4. The first-order valence-corrected chi connectivity index (χ1v) is 8.28. The number of rotatable bonds is 6. The van der Waals surface area contributed by atoms with Crippen molar-refractivity contribution in [3.05, 3.63) is 77.2 Å². The zero-order chi connectivity index (χ0) is 18.4. The Labute approximate surface area is 156 Å². The van der Waals surface area contributed by atoms with Gasteiger partial charge in [0.25, 0.3) is 5.91 Å². The van der Waals surface area contributed by atoms with Gasteiger partial charge in [0.1, 0.15) is 11.6 Å². The van der Waals surface area contributed by atoms with Gasteiger partial charge >= 0.3 is 0 Å². The number of hydrogen-bond donors (Lipinski definition) is 2. The zero-order valence-corrected chi connectivity index (χ0v) is 14.8. The van der Waals surface area contributed by atoms with Crippen molar-refractivity contribution in [3.8, 4) is 5.75 Å². The molecule has 2 N–H and O–H groups in total. The Balaban J connectivity index is 1.72. The van der Waals surface area contributed by atoms with E-state index in [2.05, 4.69) is 20.6 Å². The van der Waals surface area contributed by atoms with Gasteiger partial charge in [-0.15, -0.1) is 0 Å². The lowest BCUT2D eigenvalue weighted by atomic mass is 10.2. The van der Waals surface area contributed by atoms with E-state index in [1.165, 1.54) is 0 Å². The highest BCUT2D eigenvalue weighted by Gasteiger charge is 2.09. The number of amides is 1. The molecule has 0 aliphatic carbocycles. The minimum absolute atomic E-state index is 0.209. The number of nitrogens with one attached hydrogen (secondary N) is 2. The number of carbonyl (C=O) groups excluding carboxylic acids is 1. The molecule has 2 heterocycles. The normalized spacial score (nSPS) is 10.2. The molecule has 132 valence electrons. The van der Waals surface area contributed by atoms with Gasteiger partial charge in [-0.2, -0.15) is 0 Å². The van der Waals surface area contributed by atoms with Crippen LogP contribution in [-0.4, -0.2) is 23.0 Å². The Morgan fingerprint density at radius 1 is 1.12 bits per heavy atom. The Bertz CT molecular complexity index is 903. The molecular formula is C19H17ClN4O2. The molecule has 0 aliphatic rings. The third-order valence-electron chi connectivity index (χ3n) is 3.60. The molecule has 1 aromatic carbocycles. The van der Waals surface area contributed by atoms with Crippen molar-refractivity contribution in [1.82, 2.24) is 15.3 Å². The van der Waals surface area contributed by atoms with Crippen molar-refractivity contribution in [2.24, 2.45) is 0 Å². The number of nitrogens with zero attached hydrogens (tertiary/aromatic N) is 2. The smallest absolute Gasteiger partial charge is 0.251 e. The number of hydrogen-bond acceptors (Lipinski definition) is 5. The first-order valence-electron chi connectivity index (χ1n) is 7.90. The van der Waals surface area contributed by atoms with E-state index >= 15 is 0 Å². The van der Waals surface area contributed by atoms with Gasteiger partial charge in [-0.1, -0.05) is 17.7 Å². The number of pyridine rings is 2. The summed E-state index contributed by atoms with van der Waals surface area (Å²) in [6.45, 7) is 0.354. The Morgan fingerprint density at radius 3 is 2.77 bits per heavy atom. The second kappa shape index (κ2) is 8.31. The maximum Gasteiger partial charge on any atom is 0.251 e. The molecule has 0 spiro atoms. The number of ether oxygens (including phenoxy) is 1. The van der Waals surface area contributed by atoms with Gasteiger partial charge < -0.3 is 15.4 Å². The fourth-order valence-electron chi connectivity index (χ4n) is 2.33. The van der Waals surface area contributed by atoms with Gasteiger partial charge in [-0.25, -0.2) is 4.98 Å². The van der Waals surface area contributed by atoms with Crippen LogP contribution in [0, 0.1) is 0 Å². The first-order chi connectivity index (χ1) is 12.7. The molecule has 26 heavy (non-hydrogen) atoms. The molecule has 0 saturated heterocycles. The average Bonchev–Trinajstić information content (AvgIpc) is 2.67. The van der Waals surface area contributed by atoms with Crippen molar-refractivity contribution in [1.29, 1.82) is 0 Å². The number of benzene rings is 1. The Kier molecular flexibility index (Phi) is 5.66. The summed E-state index contributed by atoms with van der Waals surface area (Å²) in [7, 11) is 1.57. The molecule has 3 rings (SSSR count). The molecule has 0 unspecified atom stereocenters. The summed E-state index contributed by atoms with van der Waals surface area (Å²) in [4.78, 5) is 20.8. The van der Waals surface area contributed by atoms with E-state index in [9.17, 15) is 4.79 Å². The third-order valence-corrected chi connectivity index (χ3v) is 3.84. The Morgan fingerprint density at radius 2 is 2.00 bits per heavy atom. The van der Waals surface area contributed by atoms with Crippen molar-refractivity contribution in [2.75, 3.05) is 12.4 Å². The zero-order valence-electron chi connectivity index (χ0n) is 14.1. The first kappa shape index (κ1) is 17.7. The van der Waals surface area contributed by atoms with Gasteiger partial charge in [0.2, 0.25) is 0 Å². The highest BCUT2D eigenvalue weighted by molar-refractivity contribution is 6.31. The van der Waals surface area contributed by atoms with Gasteiger partial charge in [-0.3, -0.25) is 9.78 Å². The minimum atomic E-state index is -0.209. The quantitative estimate of drug-likeness (QED) is 0.691. The van der Waals surface area contributed by atoms with E-state index in [0.29, 0.717) is 34.4 Å². The molecule has 0 aliphatic heterocycles. The van der Waals surface area contributed by atoms with Crippen molar-refractivity contribution >= 4 is 29.0 Å². The fourth-order valence-corrected chi connectivity index (χ4v) is 2.50. The summed E-state index contributed by atoms with van der Waals surface area (Å²) < 4.78 is 5.30. The molecule has 0 fully saturated rings. The monoisotopic (exact) mass is 368 g/mol. The lowest BCUT2D eigenvalue weighted by Crippen LogP contribution is -2.23. The van der Waals surface area contributed by atoms with Crippen LogP contribution in [-0.2, 0) is 6.54 Å². The van der Waals surface area contributed by atoms with Gasteiger partial charge in [0, 0.05) is 23.0 Å². The molecule has 6 nitrogen and oxygen atoms in total. The van der Waals surface area contributed by atoms with E-state index < -0.39 is 0 Å². The molecule has 0 atom stereocenters. The van der Waals surface area contributed by atoms with Crippen LogP contribution in [0.4, 0.5) is 11.5 Å². The van der Waals surface area contributed by atoms with Crippen molar-refractivity contribution < 1.29 is 9.53 Å². The van der Waals surface area contributed by atoms with E-state index in [4.69, 9.17) is 16.3 Å². The summed E-state index contributed by atoms with van der Waals surface area (Å²) in [6.07, 6.45) is 3.25. The maximum absolute atomic E-state index is 12.4. The molecule has 0 radical (unpaired) electrons. The van der Waals surface area contributed by atoms with E-state index in [0.717, 1.165) is 5.69 Å². The molecule has 0 bridgehead atoms. The number of aromatic nitrogens is 2. The predicted molar refractivity (Wildman–Crippen MR) is 101 cm³/mol. The summed E-state index contributed by atoms with van der Waals surface area (Å²) in [6, 6.07) is 14.1. The molecule has 7 heteroatoms. The SMILES string of the molecule is COc1ccc(Cl)cc1Nc1cc(C(=O)NCc2ccccn2)ccn1. The van der Waals surface area contributed by atoms with Crippen molar-refractivity contribution in [3.63, 3.8) is 0 Å². The second-order valence-corrected chi connectivity index (χ2v) is 5.84. The molecule has 2 aromatic heterocycles. The van der Waals surface area contributed by atoms with Crippen LogP contribution in [0.1, 0.15) is 16.1 Å². The number of methoxy groups -OCH3 is 1.